The molecule has 7 heteroatoms. The van der Waals surface area contributed by atoms with E-state index in [1.807, 2.05) is 12.1 Å². The van der Waals surface area contributed by atoms with E-state index in [2.05, 4.69) is 0 Å². The van der Waals surface area contributed by atoms with Crippen molar-refractivity contribution in [2.45, 2.75) is 0 Å². The summed E-state index contributed by atoms with van der Waals surface area (Å²) in [4.78, 5) is 10.8. The van der Waals surface area contributed by atoms with E-state index in [0.29, 0.717) is 27.8 Å². The highest BCUT2D eigenvalue weighted by Crippen LogP contribution is 2.29. The Morgan fingerprint density at radius 2 is 1.85 bits per heavy atom. The lowest BCUT2D eigenvalue weighted by Crippen LogP contribution is -2.23. The quantitative estimate of drug-likeness (QED) is 0.401. The van der Waals surface area contributed by atoms with Crippen LogP contribution in [0.4, 0.5) is 0 Å². The minimum Gasteiger partial charge on any atom is -0.544 e. The van der Waals surface area contributed by atoms with Crippen LogP contribution < -0.4 is 19.3 Å². The van der Waals surface area contributed by atoms with E-state index in [-0.39, 0.29) is 13.2 Å². The molecule has 0 atom stereocenters. The Balaban J connectivity index is 2.00. The topological polar surface area (TPSA) is 91.6 Å². The number of hydrogen-bond acceptors (Lipinski definition) is 6. The van der Waals surface area contributed by atoms with Gasteiger partial charge < -0.3 is 24.1 Å². The molecule has 0 saturated heterocycles. The molecule has 0 aliphatic carbocycles. The van der Waals surface area contributed by atoms with E-state index in [1.165, 1.54) is 13.2 Å². The summed E-state index contributed by atoms with van der Waals surface area (Å²) in [6, 6.07) is 13.5. The minimum absolute atomic E-state index is 0.249. The van der Waals surface area contributed by atoms with Crippen LogP contribution in [0.25, 0.3) is 6.08 Å². The second kappa shape index (κ2) is 9.35. The molecule has 0 spiro atoms. The second-order valence-electron chi connectivity index (χ2n) is 4.99. The van der Waals surface area contributed by atoms with E-state index in [9.17, 15) is 9.90 Å². The number of methoxy groups -OCH3 is 1. The molecule has 2 aromatic carbocycles. The van der Waals surface area contributed by atoms with Crippen molar-refractivity contribution >= 4 is 23.6 Å². The number of para-hydroxylation sites is 1. The maximum atomic E-state index is 10.8. The number of nitrogens with zero attached hydrogens (tertiary/aromatic N) is 1. The monoisotopic (exact) mass is 372 g/mol. The zero-order valence-corrected chi connectivity index (χ0v) is 14.7. The maximum Gasteiger partial charge on any atom is 0.161 e. The minimum atomic E-state index is -1.54. The highest BCUT2D eigenvalue weighted by molar-refractivity contribution is 6.32. The van der Waals surface area contributed by atoms with Crippen molar-refractivity contribution in [2.24, 2.45) is 0 Å². The predicted molar refractivity (Wildman–Crippen MR) is 94.0 cm³/mol. The van der Waals surface area contributed by atoms with Crippen LogP contribution in [-0.2, 0) is 4.79 Å². The van der Waals surface area contributed by atoms with Crippen molar-refractivity contribution < 1.29 is 24.1 Å². The number of benzene rings is 2. The molecule has 0 N–H and O–H groups in total. The number of carboxylic acids is 1. The highest BCUT2D eigenvalue weighted by Gasteiger charge is 2.07. The van der Waals surface area contributed by atoms with Crippen molar-refractivity contribution in [3.05, 3.63) is 58.6 Å². The van der Waals surface area contributed by atoms with Crippen molar-refractivity contribution in [3.63, 3.8) is 0 Å². The van der Waals surface area contributed by atoms with Gasteiger partial charge in [0.05, 0.1) is 23.7 Å². The number of aliphatic carboxylic acids is 1. The first kappa shape index (κ1) is 19.2. The first-order valence-electron chi connectivity index (χ1n) is 7.56. The third kappa shape index (κ3) is 5.16. The molecule has 6 nitrogen and oxygen atoms in total. The molecule has 26 heavy (non-hydrogen) atoms. The molecule has 0 radical (unpaired) electrons. The lowest BCUT2D eigenvalue weighted by atomic mass is 10.1. The van der Waals surface area contributed by atoms with Crippen LogP contribution in [0.3, 0.4) is 0 Å². The third-order valence-electron chi connectivity index (χ3n) is 3.27. The van der Waals surface area contributed by atoms with Crippen molar-refractivity contribution in [1.82, 2.24) is 0 Å². The van der Waals surface area contributed by atoms with Crippen LogP contribution in [0.15, 0.2) is 48.0 Å². The number of carbonyl (C=O) groups is 1. The van der Waals surface area contributed by atoms with E-state index < -0.39 is 11.5 Å². The summed E-state index contributed by atoms with van der Waals surface area (Å²) in [5.74, 6) is -0.119. The average molecular weight is 373 g/mol. The molecule has 0 fully saturated rings. The fourth-order valence-electron chi connectivity index (χ4n) is 2.06. The van der Waals surface area contributed by atoms with Gasteiger partial charge >= 0.3 is 0 Å². The van der Waals surface area contributed by atoms with E-state index in [4.69, 9.17) is 31.1 Å². The van der Waals surface area contributed by atoms with Gasteiger partial charge in [-0.05, 0) is 35.9 Å². The first-order chi connectivity index (χ1) is 12.5. The molecule has 0 unspecified atom stereocenters. The predicted octanol–water partition coefficient (Wildman–Crippen LogP) is 2.46. The zero-order chi connectivity index (χ0) is 18.9. The van der Waals surface area contributed by atoms with Crippen LogP contribution >= 0.6 is 11.6 Å². The van der Waals surface area contributed by atoms with Crippen molar-refractivity contribution in [3.8, 4) is 23.3 Å². The van der Waals surface area contributed by atoms with Gasteiger partial charge in [-0.15, -0.1) is 0 Å². The molecule has 2 rings (SSSR count). The van der Waals surface area contributed by atoms with Crippen LogP contribution in [0, 0.1) is 11.3 Å². The Morgan fingerprint density at radius 1 is 1.15 bits per heavy atom. The van der Waals surface area contributed by atoms with E-state index >= 15 is 0 Å². The number of rotatable bonds is 8. The van der Waals surface area contributed by atoms with Gasteiger partial charge in [-0.1, -0.05) is 29.8 Å². The van der Waals surface area contributed by atoms with Gasteiger partial charge in [0.1, 0.15) is 25.0 Å². The fraction of sp³-hybridized carbons (Fsp3) is 0.158. The molecule has 0 aromatic heterocycles. The van der Waals surface area contributed by atoms with Gasteiger partial charge in [0.2, 0.25) is 0 Å². The smallest absolute Gasteiger partial charge is 0.161 e. The molecule has 134 valence electrons. The Kier molecular flexibility index (Phi) is 6.89. The molecule has 0 heterocycles. The highest BCUT2D eigenvalue weighted by atomic mass is 35.5. The molecule has 0 amide bonds. The molecule has 0 saturated carbocycles. The molecule has 0 aliphatic rings. The second-order valence-corrected chi connectivity index (χ2v) is 5.40. The number of halogens is 1. The summed E-state index contributed by atoms with van der Waals surface area (Å²) < 4.78 is 16.4. The van der Waals surface area contributed by atoms with Gasteiger partial charge in [0.25, 0.3) is 0 Å². The Morgan fingerprint density at radius 3 is 2.46 bits per heavy atom. The summed E-state index contributed by atoms with van der Waals surface area (Å²) in [7, 11) is 1.46. The average Bonchev–Trinajstić information content (AvgIpc) is 2.64. The molecular weight excluding hydrogens is 358 g/mol. The van der Waals surface area contributed by atoms with Crippen LogP contribution in [0.5, 0.6) is 17.2 Å². The maximum absolute atomic E-state index is 10.8. The van der Waals surface area contributed by atoms with Crippen molar-refractivity contribution in [2.75, 3.05) is 20.3 Å². The summed E-state index contributed by atoms with van der Waals surface area (Å²) in [5.41, 5.74) is -0.00358. The molecule has 0 aliphatic heterocycles. The van der Waals surface area contributed by atoms with Gasteiger partial charge in [0.15, 0.2) is 11.5 Å². The zero-order valence-electron chi connectivity index (χ0n) is 13.9. The fourth-order valence-corrected chi connectivity index (χ4v) is 2.25. The number of carbonyl (C=O) groups excluding carboxylic acids is 1. The summed E-state index contributed by atoms with van der Waals surface area (Å²) in [6.45, 7) is 0.525. The lowest BCUT2D eigenvalue weighted by Gasteiger charge is -2.12. The number of hydrogen-bond donors (Lipinski definition) is 0. The molecule has 0 bridgehead atoms. The largest absolute Gasteiger partial charge is 0.544 e. The summed E-state index contributed by atoms with van der Waals surface area (Å²) in [5, 5.41) is 20.1. The number of nitriles is 1. The SMILES string of the molecule is COc1cc(/C=C(\C#N)C(=O)[O-])ccc1OCCOc1ccccc1Cl. The number of carboxylic acid groups (broad SMARTS) is 1. The summed E-state index contributed by atoms with van der Waals surface area (Å²) in [6.07, 6.45) is 1.20. The van der Waals surface area contributed by atoms with Gasteiger partial charge in [0, 0.05) is 0 Å². The standard InChI is InChI=1S/C19H16ClNO5/c1-24-18-11-13(10-14(12-21)19(22)23)6-7-17(18)26-9-8-25-16-5-3-2-4-15(16)20/h2-7,10-11H,8-9H2,1H3,(H,22,23)/p-1/b14-10+. The van der Waals surface area contributed by atoms with Gasteiger partial charge in [-0.2, -0.15) is 5.26 Å². The lowest BCUT2D eigenvalue weighted by molar-refractivity contribution is -0.298. The van der Waals surface area contributed by atoms with Crippen molar-refractivity contribution in [1.29, 1.82) is 5.26 Å². The number of ether oxygens (including phenoxy) is 3. The van der Waals surface area contributed by atoms with Crippen LogP contribution in [-0.4, -0.2) is 26.3 Å². The molecular formula is C19H15ClNO5-. The summed E-state index contributed by atoms with van der Waals surface area (Å²) >= 11 is 6.00. The van der Waals surface area contributed by atoms with Crippen LogP contribution in [0.1, 0.15) is 5.56 Å². The third-order valence-corrected chi connectivity index (χ3v) is 3.59. The normalized spacial score (nSPS) is 10.7. The van der Waals surface area contributed by atoms with Gasteiger partial charge in [-0.3, -0.25) is 0 Å². The van der Waals surface area contributed by atoms with E-state index in [1.54, 1.807) is 36.4 Å². The van der Waals surface area contributed by atoms with E-state index in [0.717, 1.165) is 0 Å². The van der Waals surface area contributed by atoms with Crippen LogP contribution in [0.2, 0.25) is 5.02 Å². The Hall–Kier alpha value is -3.17. The first-order valence-corrected chi connectivity index (χ1v) is 7.94. The molecule has 2 aromatic rings. The van der Waals surface area contributed by atoms with Gasteiger partial charge in [-0.25, -0.2) is 0 Å². The Labute approximate surface area is 155 Å². The Bertz CT molecular complexity index is 857.